The Morgan fingerprint density at radius 1 is 1.64 bits per heavy atom. The molecule has 0 N–H and O–H groups in total. The van der Waals surface area contributed by atoms with Crippen LogP contribution in [0, 0.1) is 11.3 Å². The maximum Gasteiger partial charge on any atom is 0.309 e. The fourth-order valence-electron chi connectivity index (χ4n) is 1.17. The number of rotatable bonds is 3. The van der Waals surface area contributed by atoms with Crippen LogP contribution >= 0.6 is 0 Å². The normalized spacial score (nSPS) is 26.3. The first-order chi connectivity index (χ1) is 5.08. The SMILES string of the molecule is CCCOC(=O)C1CC1(C)C. The van der Waals surface area contributed by atoms with Crippen LogP contribution in [0.4, 0.5) is 0 Å². The Balaban J connectivity index is 2.23. The Kier molecular flexibility index (Phi) is 2.21. The van der Waals surface area contributed by atoms with Crippen LogP contribution in [0.5, 0.6) is 0 Å². The van der Waals surface area contributed by atoms with Crippen LogP contribution in [-0.4, -0.2) is 12.6 Å². The zero-order chi connectivity index (χ0) is 8.48. The van der Waals surface area contributed by atoms with E-state index in [0.29, 0.717) is 6.61 Å². The topological polar surface area (TPSA) is 26.3 Å². The van der Waals surface area contributed by atoms with Crippen LogP contribution in [0.15, 0.2) is 0 Å². The first-order valence-electron chi connectivity index (χ1n) is 4.24. The largest absolute Gasteiger partial charge is 0.465 e. The van der Waals surface area contributed by atoms with Crippen molar-refractivity contribution >= 4 is 5.97 Å². The maximum absolute atomic E-state index is 11.2. The van der Waals surface area contributed by atoms with E-state index in [-0.39, 0.29) is 17.3 Å². The number of hydrogen-bond acceptors (Lipinski definition) is 2. The molecule has 1 rings (SSSR count). The first kappa shape index (κ1) is 8.57. The van der Waals surface area contributed by atoms with Crippen molar-refractivity contribution in [1.82, 2.24) is 0 Å². The summed E-state index contributed by atoms with van der Waals surface area (Å²) < 4.78 is 5.01. The third-order valence-corrected chi connectivity index (χ3v) is 2.25. The van der Waals surface area contributed by atoms with Crippen molar-refractivity contribution in [3.63, 3.8) is 0 Å². The van der Waals surface area contributed by atoms with Gasteiger partial charge in [-0.25, -0.2) is 0 Å². The van der Waals surface area contributed by atoms with E-state index in [2.05, 4.69) is 13.8 Å². The van der Waals surface area contributed by atoms with Gasteiger partial charge in [0.1, 0.15) is 0 Å². The minimum atomic E-state index is -0.00292. The average molecular weight is 156 g/mol. The van der Waals surface area contributed by atoms with Gasteiger partial charge < -0.3 is 4.74 Å². The number of hydrogen-bond donors (Lipinski definition) is 0. The molecule has 0 saturated heterocycles. The Bertz CT molecular complexity index is 161. The summed E-state index contributed by atoms with van der Waals surface area (Å²) in [6.45, 7) is 6.78. The van der Waals surface area contributed by atoms with Crippen molar-refractivity contribution in [3.05, 3.63) is 0 Å². The van der Waals surface area contributed by atoms with Crippen LogP contribution in [0.25, 0.3) is 0 Å². The Labute approximate surface area is 67.9 Å². The fourth-order valence-corrected chi connectivity index (χ4v) is 1.17. The van der Waals surface area contributed by atoms with Crippen molar-refractivity contribution in [1.29, 1.82) is 0 Å². The Hall–Kier alpha value is -0.530. The molecule has 2 nitrogen and oxygen atoms in total. The van der Waals surface area contributed by atoms with Crippen molar-refractivity contribution < 1.29 is 9.53 Å². The van der Waals surface area contributed by atoms with Crippen LogP contribution < -0.4 is 0 Å². The van der Waals surface area contributed by atoms with Gasteiger partial charge in [-0.3, -0.25) is 4.79 Å². The molecule has 0 radical (unpaired) electrons. The van der Waals surface area contributed by atoms with E-state index in [4.69, 9.17) is 4.74 Å². The van der Waals surface area contributed by atoms with Gasteiger partial charge in [-0.1, -0.05) is 20.8 Å². The molecule has 0 heterocycles. The lowest BCUT2D eigenvalue weighted by molar-refractivity contribution is -0.146. The number of esters is 1. The first-order valence-corrected chi connectivity index (χ1v) is 4.24. The second-order valence-electron chi connectivity index (χ2n) is 3.91. The molecule has 0 bridgehead atoms. The van der Waals surface area contributed by atoms with Gasteiger partial charge in [0, 0.05) is 0 Å². The van der Waals surface area contributed by atoms with E-state index in [1.165, 1.54) is 0 Å². The zero-order valence-electron chi connectivity index (χ0n) is 7.52. The van der Waals surface area contributed by atoms with E-state index >= 15 is 0 Å². The summed E-state index contributed by atoms with van der Waals surface area (Å²) in [6.07, 6.45) is 1.91. The van der Waals surface area contributed by atoms with Gasteiger partial charge in [0.05, 0.1) is 12.5 Å². The third-order valence-electron chi connectivity index (χ3n) is 2.25. The molecular weight excluding hydrogens is 140 g/mol. The molecular formula is C9H16O2. The lowest BCUT2D eigenvalue weighted by Crippen LogP contribution is -2.10. The lowest BCUT2D eigenvalue weighted by Gasteiger charge is -2.03. The molecule has 64 valence electrons. The quantitative estimate of drug-likeness (QED) is 0.584. The standard InChI is InChI=1S/C9H16O2/c1-4-5-11-8(10)7-6-9(7,2)3/h7H,4-6H2,1-3H3. The average Bonchev–Trinajstić information content (AvgIpc) is 2.55. The summed E-state index contributed by atoms with van der Waals surface area (Å²) in [6, 6.07) is 0. The minimum absolute atomic E-state index is 0.00292. The summed E-state index contributed by atoms with van der Waals surface area (Å²) in [7, 11) is 0. The van der Waals surface area contributed by atoms with Gasteiger partial charge >= 0.3 is 5.97 Å². The molecule has 1 aliphatic carbocycles. The summed E-state index contributed by atoms with van der Waals surface area (Å²) in [4.78, 5) is 11.2. The monoisotopic (exact) mass is 156 g/mol. The second-order valence-corrected chi connectivity index (χ2v) is 3.91. The molecule has 1 aliphatic rings. The highest BCUT2D eigenvalue weighted by Crippen LogP contribution is 2.52. The molecule has 0 aliphatic heterocycles. The maximum atomic E-state index is 11.2. The van der Waals surface area contributed by atoms with E-state index in [0.717, 1.165) is 12.8 Å². The molecule has 1 fully saturated rings. The van der Waals surface area contributed by atoms with Gasteiger partial charge in [0.2, 0.25) is 0 Å². The number of ether oxygens (including phenoxy) is 1. The van der Waals surface area contributed by atoms with E-state index in [1.807, 2.05) is 6.92 Å². The summed E-state index contributed by atoms with van der Waals surface area (Å²) in [5, 5.41) is 0. The summed E-state index contributed by atoms with van der Waals surface area (Å²) in [5.41, 5.74) is 0.213. The predicted molar refractivity (Wildman–Crippen MR) is 43.1 cm³/mol. The van der Waals surface area contributed by atoms with Gasteiger partial charge in [-0.2, -0.15) is 0 Å². The van der Waals surface area contributed by atoms with E-state index in [9.17, 15) is 4.79 Å². The highest BCUT2D eigenvalue weighted by molar-refractivity contribution is 5.76. The number of carbonyl (C=O) groups is 1. The van der Waals surface area contributed by atoms with Crippen molar-refractivity contribution in [3.8, 4) is 0 Å². The van der Waals surface area contributed by atoms with E-state index < -0.39 is 0 Å². The molecule has 0 spiro atoms. The summed E-state index contributed by atoms with van der Waals surface area (Å²) in [5.74, 6) is 0.172. The van der Waals surface area contributed by atoms with Crippen LogP contribution in [0.2, 0.25) is 0 Å². The van der Waals surface area contributed by atoms with Crippen LogP contribution in [0.1, 0.15) is 33.6 Å². The highest BCUT2D eigenvalue weighted by Gasteiger charge is 2.51. The molecule has 1 unspecified atom stereocenters. The van der Waals surface area contributed by atoms with Gasteiger partial charge in [-0.05, 0) is 18.3 Å². The third kappa shape index (κ3) is 1.95. The molecule has 2 heteroatoms. The van der Waals surface area contributed by atoms with Gasteiger partial charge in [0.15, 0.2) is 0 Å². The molecule has 11 heavy (non-hydrogen) atoms. The van der Waals surface area contributed by atoms with E-state index in [1.54, 1.807) is 0 Å². The zero-order valence-corrected chi connectivity index (χ0v) is 7.52. The lowest BCUT2D eigenvalue weighted by atomic mass is 10.1. The highest BCUT2D eigenvalue weighted by atomic mass is 16.5. The van der Waals surface area contributed by atoms with Crippen LogP contribution in [-0.2, 0) is 9.53 Å². The molecule has 0 amide bonds. The summed E-state index contributed by atoms with van der Waals surface area (Å²) >= 11 is 0. The molecule has 0 aromatic rings. The molecule has 1 saturated carbocycles. The predicted octanol–water partition coefficient (Wildman–Crippen LogP) is 1.99. The van der Waals surface area contributed by atoms with Crippen LogP contribution in [0.3, 0.4) is 0 Å². The Morgan fingerprint density at radius 3 is 2.55 bits per heavy atom. The molecule has 1 atom stereocenters. The number of carbonyl (C=O) groups excluding carboxylic acids is 1. The van der Waals surface area contributed by atoms with Crippen molar-refractivity contribution in [2.45, 2.75) is 33.6 Å². The van der Waals surface area contributed by atoms with Gasteiger partial charge in [-0.15, -0.1) is 0 Å². The Morgan fingerprint density at radius 2 is 2.18 bits per heavy atom. The molecule has 0 aromatic heterocycles. The smallest absolute Gasteiger partial charge is 0.309 e. The fraction of sp³-hybridized carbons (Fsp3) is 0.889. The minimum Gasteiger partial charge on any atom is -0.465 e. The second kappa shape index (κ2) is 2.84. The van der Waals surface area contributed by atoms with Gasteiger partial charge in [0.25, 0.3) is 0 Å². The van der Waals surface area contributed by atoms with Crippen molar-refractivity contribution in [2.24, 2.45) is 11.3 Å². The van der Waals surface area contributed by atoms with Crippen molar-refractivity contribution in [2.75, 3.05) is 6.61 Å². The molecule has 0 aromatic carbocycles.